The van der Waals surface area contributed by atoms with Crippen LogP contribution in [0.2, 0.25) is 0 Å². The van der Waals surface area contributed by atoms with Gasteiger partial charge in [-0.3, -0.25) is 9.59 Å². The Morgan fingerprint density at radius 1 is 1.17 bits per heavy atom. The number of aromatic amines is 1. The number of carbonyl (C=O) groups is 2. The van der Waals surface area contributed by atoms with E-state index in [1.807, 2.05) is 0 Å². The Hall–Kier alpha value is -3.09. The van der Waals surface area contributed by atoms with Crippen molar-refractivity contribution in [3.63, 3.8) is 0 Å². The van der Waals surface area contributed by atoms with Gasteiger partial charge in [-0.05, 0) is 31.2 Å². The lowest BCUT2D eigenvalue weighted by Gasteiger charge is -2.14. The van der Waals surface area contributed by atoms with Gasteiger partial charge in [-0.1, -0.05) is 12.1 Å². The van der Waals surface area contributed by atoms with Crippen LogP contribution in [-0.4, -0.2) is 30.1 Å². The first-order chi connectivity index (χ1) is 11.0. The lowest BCUT2D eigenvalue weighted by molar-refractivity contribution is -0.123. The molecule has 23 heavy (non-hydrogen) atoms. The van der Waals surface area contributed by atoms with Crippen molar-refractivity contribution in [1.29, 1.82) is 0 Å². The Morgan fingerprint density at radius 3 is 2.61 bits per heavy atom. The van der Waals surface area contributed by atoms with Crippen molar-refractivity contribution in [1.82, 2.24) is 4.98 Å². The number of hydrogen-bond donors (Lipinski definition) is 2. The van der Waals surface area contributed by atoms with Gasteiger partial charge in [-0.25, -0.2) is 4.79 Å². The largest absolute Gasteiger partial charge is 0.495 e. The van der Waals surface area contributed by atoms with E-state index in [2.05, 4.69) is 10.3 Å². The van der Waals surface area contributed by atoms with Gasteiger partial charge in [0, 0.05) is 6.20 Å². The van der Waals surface area contributed by atoms with Crippen molar-refractivity contribution in [2.24, 2.45) is 0 Å². The Kier molecular flexibility index (Phi) is 5.14. The highest BCUT2D eigenvalue weighted by molar-refractivity contribution is 5.98. The average molecular weight is 316 g/mol. The molecule has 0 aliphatic heterocycles. The molecule has 1 aromatic carbocycles. The number of ether oxygens (including phenoxy) is 2. The smallest absolute Gasteiger partial charge is 0.344 e. The number of rotatable bonds is 5. The van der Waals surface area contributed by atoms with Crippen LogP contribution in [0, 0.1) is 0 Å². The zero-order chi connectivity index (χ0) is 16.8. The minimum atomic E-state index is -1.08. The molecule has 7 nitrogen and oxygen atoms in total. The van der Waals surface area contributed by atoms with Gasteiger partial charge in [0.15, 0.2) is 6.10 Å². The summed E-state index contributed by atoms with van der Waals surface area (Å²) in [6.07, 6.45) is 0.323. The predicted octanol–water partition coefficient (Wildman–Crippen LogP) is 1.57. The van der Waals surface area contributed by atoms with Crippen molar-refractivity contribution in [3.05, 3.63) is 58.5 Å². The highest BCUT2D eigenvalue weighted by atomic mass is 16.5. The van der Waals surface area contributed by atoms with Gasteiger partial charge in [0.2, 0.25) is 0 Å². The Labute approximate surface area is 132 Å². The van der Waals surface area contributed by atoms with Crippen LogP contribution in [0.5, 0.6) is 5.75 Å². The molecule has 1 aromatic heterocycles. The van der Waals surface area contributed by atoms with E-state index in [1.54, 1.807) is 24.3 Å². The molecule has 0 aliphatic rings. The number of nitrogens with one attached hydrogen (secondary N) is 2. The van der Waals surface area contributed by atoms with Crippen molar-refractivity contribution in [3.8, 4) is 5.75 Å². The van der Waals surface area contributed by atoms with Gasteiger partial charge in [0.05, 0.1) is 12.8 Å². The normalized spacial score (nSPS) is 11.4. The van der Waals surface area contributed by atoms with E-state index in [9.17, 15) is 14.4 Å². The van der Waals surface area contributed by atoms with Crippen molar-refractivity contribution < 1.29 is 19.1 Å². The van der Waals surface area contributed by atoms with E-state index in [0.29, 0.717) is 11.4 Å². The summed E-state index contributed by atoms with van der Waals surface area (Å²) < 4.78 is 10.1. The molecule has 0 unspecified atom stereocenters. The predicted molar refractivity (Wildman–Crippen MR) is 83.6 cm³/mol. The van der Waals surface area contributed by atoms with E-state index < -0.39 is 23.5 Å². The molecular formula is C16H16N2O5. The van der Waals surface area contributed by atoms with E-state index >= 15 is 0 Å². The van der Waals surface area contributed by atoms with Gasteiger partial charge in [0.1, 0.15) is 11.3 Å². The highest BCUT2D eigenvalue weighted by Gasteiger charge is 2.21. The van der Waals surface area contributed by atoms with Gasteiger partial charge in [-0.15, -0.1) is 0 Å². The van der Waals surface area contributed by atoms with Crippen molar-refractivity contribution in [2.45, 2.75) is 13.0 Å². The van der Waals surface area contributed by atoms with Gasteiger partial charge in [0.25, 0.3) is 11.5 Å². The molecule has 0 fully saturated rings. The van der Waals surface area contributed by atoms with E-state index in [4.69, 9.17) is 9.47 Å². The average Bonchev–Trinajstić information content (AvgIpc) is 2.55. The monoisotopic (exact) mass is 316 g/mol. The molecule has 7 heteroatoms. The molecule has 120 valence electrons. The van der Waals surface area contributed by atoms with Gasteiger partial charge >= 0.3 is 5.97 Å². The van der Waals surface area contributed by atoms with Crippen LogP contribution in [0.25, 0.3) is 0 Å². The van der Waals surface area contributed by atoms with Crippen LogP contribution in [0.15, 0.2) is 47.4 Å². The zero-order valence-corrected chi connectivity index (χ0v) is 12.7. The molecule has 0 aliphatic carbocycles. The molecule has 1 atom stereocenters. The molecule has 1 amide bonds. The van der Waals surface area contributed by atoms with Gasteiger partial charge in [-0.2, -0.15) is 0 Å². The topological polar surface area (TPSA) is 97.5 Å². The second kappa shape index (κ2) is 7.26. The molecule has 2 N–H and O–H groups in total. The zero-order valence-electron chi connectivity index (χ0n) is 12.7. The summed E-state index contributed by atoms with van der Waals surface area (Å²) in [4.78, 5) is 37.9. The summed E-state index contributed by atoms with van der Waals surface area (Å²) in [5.41, 5.74) is -0.278. The highest BCUT2D eigenvalue weighted by Crippen LogP contribution is 2.23. The van der Waals surface area contributed by atoms with Crippen molar-refractivity contribution >= 4 is 17.6 Å². The van der Waals surface area contributed by atoms with E-state index in [1.165, 1.54) is 32.4 Å². The number of aromatic nitrogens is 1. The summed E-state index contributed by atoms with van der Waals surface area (Å²) in [5, 5.41) is 2.61. The lowest BCUT2D eigenvalue weighted by Crippen LogP contribution is -2.31. The fraction of sp³-hybridized carbons (Fsp3) is 0.188. The quantitative estimate of drug-likeness (QED) is 0.816. The fourth-order valence-corrected chi connectivity index (χ4v) is 1.84. The molecule has 2 rings (SSSR count). The van der Waals surface area contributed by atoms with Crippen LogP contribution >= 0.6 is 0 Å². The molecule has 0 bridgehead atoms. The molecule has 2 aromatic rings. The summed E-state index contributed by atoms with van der Waals surface area (Å²) in [6.45, 7) is 1.42. The first kappa shape index (κ1) is 16.3. The minimum absolute atomic E-state index is 0.163. The number of hydrogen-bond acceptors (Lipinski definition) is 5. The van der Waals surface area contributed by atoms with Crippen LogP contribution in [0.1, 0.15) is 17.3 Å². The van der Waals surface area contributed by atoms with Crippen LogP contribution < -0.4 is 15.6 Å². The maximum absolute atomic E-state index is 12.1. The summed E-state index contributed by atoms with van der Waals surface area (Å²) in [7, 11) is 1.48. The third kappa shape index (κ3) is 3.97. The number of para-hydroxylation sites is 2. The maximum atomic E-state index is 12.1. The second-order valence-corrected chi connectivity index (χ2v) is 4.65. The number of methoxy groups -OCH3 is 1. The lowest BCUT2D eigenvalue weighted by atomic mass is 10.2. The number of esters is 1. The number of benzene rings is 1. The minimum Gasteiger partial charge on any atom is -0.495 e. The molecular weight excluding hydrogens is 300 g/mol. The van der Waals surface area contributed by atoms with Crippen LogP contribution in [0.3, 0.4) is 0 Å². The molecule has 1 heterocycles. The van der Waals surface area contributed by atoms with E-state index in [-0.39, 0.29) is 5.56 Å². The number of amides is 1. The molecule has 0 spiro atoms. The summed E-state index contributed by atoms with van der Waals surface area (Å²) in [6, 6.07) is 9.67. The number of pyridine rings is 1. The van der Waals surface area contributed by atoms with Crippen molar-refractivity contribution in [2.75, 3.05) is 12.4 Å². The Balaban J connectivity index is 2.04. The standard InChI is InChI=1S/C16H16N2O5/c1-10(23-16(21)11-6-5-9-17-15(11)20)14(19)18-12-7-3-4-8-13(12)22-2/h3-10H,1-2H3,(H,17,20)(H,18,19)/t10-/m0/s1. The van der Waals surface area contributed by atoms with E-state index in [0.717, 1.165) is 0 Å². The van der Waals surface area contributed by atoms with Crippen LogP contribution in [0.4, 0.5) is 5.69 Å². The fourth-order valence-electron chi connectivity index (χ4n) is 1.84. The first-order valence-electron chi connectivity index (χ1n) is 6.85. The summed E-state index contributed by atoms with van der Waals surface area (Å²) >= 11 is 0. The first-order valence-corrected chi connectivity index (χ1v) is 6.85. The third-order valence-electron chi connectivity index (χ3n) is 3.06. The molecule has 0 saturated heterocycles. The van der Waals surface area contributed by atoms with Gasteiger partial charge < -0.3 is 19.8 Å². The third-order valence-corrected chi connectivity index (χ3v) is 3.06. The number of H-pyrrole nitrogens is 1. The SMILES string of the molecule is COc1ccccc1NC(=O)[C@H](C)OC(=O)c1ccc[nH]c1=O. The molecule has 0 radical (unpaired) electrons. The maximum Gasteiger partial charge on any atom is 0.344 e. The Bertz CT molecular complexity index is 769. The Morgan fingerprint density at radius 2 is 1.91 bits per heavy atom. The summed E-state index contributed by atoms with van der Waals surface area (Å²) in [5.74, 6) is -0.913. The number of carbonyl (C=O) groups excluding carboxylic acids is 2. The second-order valence-electron chi connectivity index (χ2n) is 4.65. The number of anilines is 1. The van der Waals surface area contributed by atoms with Crippen LogP contribution in [-0.2, 0) is 9.53 Å². The molecule has 0 saturated carbocycles.